The molecule has 1 heterocycles. The van der Waals surface area contributed by atoms with Gasteiger partial charge in [0.25, 0.3) is 0 Å². The normalized spacial score (nSPS) is 31.9. The van der Waals surface area contributed by atoms with Gasteiger partial charge in [0.05, 0.1) is 18.0 Å². The monoisotopic (exact) mass is 249 g/mol. The van der Waals surface area contributed by atoms with Gasteiger partial charge in [-0.1, -0.05) is 0 Å². The highest BCUT2D eigenvalue weighted by Crippen LogP contribution is 2.25. The molecule has 96 valence electrons. The van der Waals surface area contributed by atoms with E-state index in [0.29, 0.717) is 0 Å². The summed E-state index contributed by atoms with van der Waals surface area (Å²) in [5.74, 6) is 0.443. The van der Waals surface area contributed by atoms with Crippen LogP contribution in [0.25, 0.3) is 0 Å². The molecule has 0 amide bonds. The van der Waals surface area contributed by atoms with Gasteiger partial charge in [-0.15, -0.1) is 0 Å². The van der Waals surface area contributed by atoms with Crippen LogP contribution in [0.4, 0.5) is 0 Å². The minimum absolute atomic E-state index is 0.0281. The van der Waals surface area contributed by atoms with Crippen LogP contribution in [0.5, 0.6) is 0 Å². The summed E-state index contributed by atoms with van der Waals surface area (Å²) in [6.07, 6.45) is 2.01. The van der Waals surface area contributed by atoms with Crippen molar-refractivity contribution in [3.63, 3.8) is 0 Å². The van der Waals surface area contributed by atoms with Gasteiger partial charge >= 0.3 is 0 Å². The van der Waals surface area contributed by atoms with E-state index in [-0.39, 0.29) is 29.9 Å². The van der Waals surface area contributed by atoms with Gasteiger partial charge in [0.1, 0.15) is 0 Å². The molecule has 16 heavy (non-hydrogen) atoms. The smallest absolute Gasteiger partial charge is 0.212 e. The topological polar surface area (TPSA) is 55.4 Å². The summed E-state index contributed by atoms with van der Waals surface area (Å²) in [4.78, 5) is 0. The maximum Gasteiger partial charge on any atom is 0.212 e. The van der Waals surface area contributed by atoms with E-state index in [9.17, 15) is 8.42 Å². The zero-order valence-electron chi connectivity index (χ0n) is 10.6. The predicted molar refractivity (Wildman–Crippen MR) is 64.8 cm³/mol. The van der Waals surface area contributed by atoms with Gasteiger partial charge in [0.2, 0.25) is 10.0 Å². The van der Waals surface area contributed by atoms with Crippen molar-refractivity contribution in [2.24, 2.45) is 5.92 Å². The molecule has 1 fully saturated rings. The second kappa shape index (κ2) is 5.47. The maximum absolute atomic E-state index is 11.8. The standard InChI is InChI=1S/C11H23NO3S/c1-8(2)12-16(13,14)7-11-5-9(3)15-10(4)6-11/h8-12H,5-7H2,1-4H3/t9-,10+,11?. The van der Waals surface area contributed by atoms with Crippen LogP contribution in [0.1, 0.15) is 40.5 Å². The third-order valence-corrected chi connectivity index (χ3v) is 4.41. The van der Waals surface area contributed by atoms with Gasteiger partial charge in [0, 0.05) is 6.04 Å². The molecule has 1 saturated heterocycles. The van der Waals surface area contributed by atoms with Crippen LogP contribution in [0, 0.1) is 5.92 Å². The highest BCUT2D eigenvalue weighted by molar-refractivity contribution is 7.89. The quantitative estimate of drug-likeness (QED) is 0.822. The number of nitrogens with one attached hydrogen (secondary N) is 1. The molecular formula is C11H23NO3S. The molecule has 5 heteroatoms. The predicted octanol–water partition coefficient (Wildman–Crippen LogP) is 1.52. The molecule has 0 saturated carbocycles. The van der Waals surface area contributed by atoms with Gasteiger partial charge < -0.3 is 4.74 Å². The molecule has 0 aromatic rings. The Morgan fingerprint density at radius 3 is 2.19 bits per heavy atom. The zero-order chi connectivity index (χ0) is 12.3. The van der Waals surface area contributed by atoms with Gasteiger partial charge in [-0.3, -0.25) is 0 Å². The summed E-state index contributed by atoms with van der Waals surface area (Å²) in [6.45, 7) is 7.69. The first-order valence-electron chi connectivity index (χ1n) is 5.94. The van der Waals surface area contributed by atoms with Crippen molar-refractivity contribution in [3.05, 3.63) is 0 Å². The number of rotatable bonds is 4. The van der Waals surface area contributed by atoms with Crippen molar-refractivity contribution < 1.29 is 13.2 Å². The minimum Gasteiger partial charge on any atom is -0.376 e. The van der Waals surface area contributed by atoms with E-state index in [1.807, 2.05) is 27.7 Å². The van der Waals surface area contributed by atoms with Crippen molar-refractivity contribution in [3.8, 4) is 0 Å². The van der Waals surface area contributed by atoms with Gasteiger partial charge in [-0.2, -0.15) is 0 Å². The molecule has 3 atom stereocenters. The third kappa shape index (κ3) is 4.80. The maximum atomic E-state index is 11.8. The molecule has 1 rings (SSSR count). The summed E-state index contributed by atoms with van der Waals surface area (Å²) in [6, 6.07) is -0.0281. The van der Waals surface area contributed by atoms with E-state index in [0.717, 1.165) is 12.8 Å². The van der Waals surface area contributed by atoms with Gasteiger partial charge in [0.15, 0.2) is 0 Å². The van der Waals surface area contributed by atoms with Gasteiger partial charge in [-0.25, -0.2) is 13.1 Å². The van der Waals surface area contributed by atoms with Crippen molar-refractivity contribution in [1.29, 1.82) is 0 Å². The molecule has 0 bridgehead atoms. The number of hydrogen-bond acceptors (Lipinski definition) is 3. The summed E-state index contributed by atoms with van der Waals surface area (Å²) in [5.41, 5.74) is 0. The molecule has 0 spiro atoms. The molecule has 0 aliphatic carbocycles. The Morgan fingerprint density at radius 1 is 1.25 bits per heavy atom. The van der Waals surface area contributed by atoms with Crippen molar-refractivity contribution in [2.45, 2.75) is 58.8 Å². The van der Waals surface area contributed by atoms with Crippen LogP contribution in [0.2, 0.25) is 0 Å². The van der Waals surface area contributed by atoms with Crippen LogP contribution >= 0.6 is 0 Å². The Morgan fingerprint density at radius 2 is 1.75 bits per heavy atom. The highest BCUT2D eigenvalue weighted by Gasteiger charge is 2.28. The average Bonchev–Trinajstić information content (AvgIpc) is 1.95. The second-order valence-electron chi connectivity index (χ2n) is 5.15. The Labute approximate surface area is 98.8 Å². The van der Waals surface area contributed by atoms with E-state index >= 15 is 0 Å². The first-order valence-corrected chi connectivity index (χ1v) is 7.59. The molecular weight excluding hydrogens is 226 g/mol. The van der Waals surface area contributed by atoms with E-state index in [1.165, 1.54) is 0 Å². The van der Waals surface area contributed by atoms with E-state index < -0.39 is 10.0 Å². The average molecular weight is 249 g/mol. The molecule has 1 aliphatic heterocycles. The largest absolute Gasteiger partial charge is 0.376 e. The Hall–Kier alpha value is -0.130. The molecule has 1 N–H and O–H groups in total. The lowest BCUT2D eigenvalue weighted by Crippen LogP contribution is -2.38. The minimum atomic E-state index is -3.13. The molecule has 1 unspecified atom stereocenters. The van der Waals surface area contributed by atoms with E-state index in [1.54, 1.807) is 0 Å². The number of hydrogen-bond donors (Lipinski definition) is 1. The van der Waals surface area contributed by atoms with Crippen LogP contribution < -0.4 is 4.72 Å². The molecule has 1 aliphatic rings. The Bertz CT molecular complexity index is 303. The van der Waals surface area contributed by atoms with Crippen LogP contribution in [0.15, 0.2) is 0 Å². The van der Waals surface area contributed by atoms with E-state index in [2.05, 4.69) is 4.72 Å². The zero-order valence-corrected chi connectivity index (χ0v) is 11.4. The Balaban J connectivity index is 2.53. The van der Waals surface area contributed by atoms with Gasteiger partial charge in [-0.05, 0) is 46.5 Å². The van der Waals surface area contributed by atoms with Crippen LogP contribution in [0.3, 0.4) is 0 Å². The van der Waals surface area contributed by atoms with Crippen molar-refractivity contribution in [1.82, 2.24) is 4.72 Å². The van der Waals surface area contributed by atoms with Crippen LogP contribution in [-0.4, -0.2) is 32.4 Å². The summed E-state index contributed by atoms with van der Waals surface area (Å²) < 4.78 is 31.8. The first kappa shape index (κ1) is 13.9. The molecule has 0 aromatic heterocycles. The highest BCUT2D eigenvalue weighted by atomic mass is 32.2. The lowest BCUT2D eigenvalue weighted by molar-refractivity contribution is -0.0479. The van der Waals surface area contributed by atoms with E-state index in [4.69, 9.17) is 4.74 Å². The molecule has 4 nitrogen and oxygen atoms in total. The number of ether oxygens (including phenoxy) is 1. The number of sulfonamides is 1. The second-order valence-corrected chi connectivity index (χ2v) is 6.95. The summed E-state index contributed by atoms with van der Waals surface area (Å²) in [5, 5.41) is 0. The van der Waals surface area contributed by atoms with Crippen LogP contribution in [-0.2, 0) is 14.8 Å². The molecule has 0 aromatic carbocycles. The Kier molecular flexibility index (Phi) is 4.76. The fourth-order valence-corrected chi connectivity index (χ4v) is 4.10. The lowest BCUT2D eigenvalue weighted by atomic mass is 9.94. The summed E-state index contributed by atoms with van der Waals surface area (Å²) >= 11 is 0. The lowest BCUT2D eigenvalue weighted by Gasteiger charge is -2.32. The SMILES string of the molecule is CC(C)NS(=O)(=O)CC1C[C@@H](C)O[C@@H](C)C1. The summed E-state index contributed by atoms with van der Waals surface area (Å²) in [7, 11) is -3.13. The fraction of sp³-hybridized carbons (Fsp3) is 1.00. The fourth-order valence-electron chi connectivity index (χ4n) is 2.40. The van der Waals surface area contributed by atoms with Crippen molar-refractivity contribution in [2.75, 3.05) is 5.75 Å². The molecule has 0 radical (unpaired) electrons. The van der Waals surface area contributed by atoms with Crippen molar-refractivity contribution >= 4 is 10.0 Å². The third-order valence-electron chi connectivity index (χ3n) is 2.67. The first-order chi connectivity index (χ1) is 7.28.